The summed E-state index contributed by atoms with van der Waals surface area (Å²) in [5.74, 6) is 4.86. The molecule has 0 spiro atoms. The Kier molecular flexibility index (Phi) is 9.59. The van der Waals surface area contributed by atoms with Gasteiger partial charge in [0.1, 0.15) is 22.7 Å². The Bertz CT molecular complexity index is 1730. The smallest absolute Gasteiger partial charge is 0.331 e. The summed E-state index contributed by atoms with van der Waals surface area (Å²) < 4.78 is 28.5. The molecule has 0 atom stereocenters. The second-order valence-corrected chi connectivity index (χ2v) is 10.1. The van der Waals surface area contributed by atoms with Crippen LogP contribution in [0.1, 0.15) is 29.8 Å². The van der Waals surface area contributed by atoms with Gasteiger partial charge in [-0.2, -0.15) is 0 Å². The highest BCUT2D eigenvalue weighted by atomic mass is 19.1. The molecule has 1 aliphatic rings. The van der Waals surface area contributed by atoms with E-state index >= 15 is 4.39 Å². The number of nitrogens with zero attached hydrogens (tertiary/aromatic N) is 4. The molecule has 224 valence electrons. The van der Waals surface area contributed by atoms with Gasteiger partial charge in [0, 0.05) is 56.4 Å². The summed E-state index contributed by atoms with van der Waals surface area (Å²) in [7, 11) is 0. The second kappa shape index (κ2) is 13.3. The lowest BCUT2D eigenvalue weighted by Gasteiger charge is -2.37. The summed E-state index contributed by atoms with van der Waals surface area (Å²) in [4.78, 5) is 44.7. The highest BCUT2D eigenvalue weighted by Gasteiger charge is 2.26. The standard InChI is InChI=1S/C31H33FN6O5/c1-5-13-36-20-23(29(40)38(14-6-2)30(36)41)28(39)35-21-7-8-26(24(32)19-21)43-25-10-12-34-27(33)22(25)9-11-31(3,4)37-15-17-42-18-16-37/h5-8,10,12,19-20H,1-2,13-18H2,3-4H3,(H2,33,34)(H,35,39). The van der Waals surface area contributed by atoms with E-state index in [1.54, 1.807) is 0 Å². The van der Waals surface area contributed by atoms with Crippen LogP contribution < -0.4 is 27.0 Å². The number of nitrogen functional groups attached to an aromatic ring is 1. The lowest BCUT2D eigenvalue weighted by Crippen LogP contribution is -2.49. The Morgan fingerprint density at radius 2 is 1.91 bits per heavy atom. The van der Waals surface area contributed by atoms with Gasteiger partial charge in [0.05, 0.1) is 18.8 Å². The predicted octanol–water partition coefficient (Wildman–Crippen LogP) is 3.01. The number of carbonyl (C=O) groups is 1. The molecule has 11 nitrogen and oxygen atoms in total. The summed E-state index contributed by atoms with van der Waals surface area (Å²) in [6.45, 7) is 13.8. The Hall–Kier alpha value is -4.99. The third-order valence-electron chi connectivity index (χ3n) is 6.77. The SMILES string of the molecule is C=CCn1cc(C(=O)Nc2ccc(Oc3ccnc(N)c3C#CC(C)(C)N3CCOCC3)c(F)c2)c(=O)n(CC=C)c1=O. The van der Waals surface area contributed by atoms with E-state index in [0.717, 1.165) is 29.9 Å². The van der Waals surface area contributed by atoms with Crippen molar-refractivity contribution in [2.24, 2.45) is 0 Å². The van der Waals surface area contributed by atoms with E-state index in [0.29, 0.717) is 18.8 Å². The van der Waals surface area contributed by atoms with Crippen LogP contribution in [0, 0.1) is 17.7 Å². The number of nitrogens with one attached hydrogen (secondary N) is 1. The molecule has 4 rings (SSSR count). The van der Waals surface area contributed by atoms with Gasteiger partial charge in [-0.3, -0.25) is 23.6 Å². The Morgan fingerprint density at radius 1 is 1.19 bits per heavy atom. The fraction of sp³-hybridized carbons (Fsp3) is 0.290. The Labute approximate surface area is 248 Å². The van der Waals surface area contributed by atoms with Gasteiger partial charge in [-0.15, -0.1) is 13.2 Å². The zero-order valence-electron chi connectivity index (χ0n) is 24.1. The molecule has 0 radical (unpaired) electrons. The molecule has 12 heteroatoms. The van der Waals surface area contributed by atoms with Crippen LogP contribution in [0.5, 0.6) is 11.5 Å². The van der Waals surface area contributed by atoms with Gasteiger partial charge in [0.25, 0.3) is 11.5 Å². The first-order valence-corrected chi connectivity index (χ1v) is 13.5. The summed E-state index contributed by atoms with van der Waals surface area (Å²) in [5.41, 5.74) is 4.28. The van der Waals surface area contributed by atoms with Crippen molar-refractivity contribution in [1.29, 1.82) is 0 Å². The highest BCUT2D eigenvalue weighted by Crippen LogP contribution is 2.31. The maximum absolute atomic E-state index is 15.2. The number of allylic oxidation sites excluding steroid dienone is 2. The number of anilines is 2. The first-order valence-electron chi connectivity index (χ1n) is 13.5. The van der Waals surface area contributed by atoms with Crippen molar-refractivity contribution in [1.82, 2.24) is 19.0 Å². The van der Waals surface area contributed by atoms with Gasteiger partial charge in [0.2, 0.25) is 0 Å². The third-order valence-corrected chi connectivity index (χ3v) is 6.77. The average Bonchev–Trinajstić information content (AvgIpc) is 2.98. The molecule has 3 heterocycles. The van der Waals surface area contributed by atoms with Gasteiger partial charge < -0.3 is 20.5 Å². The predicted molar refractivity (Wildman–Crippen MR) is 162 cm³/mol. The van der Waals surface area contributed by atoms with Crippen molar-refractivity contribution >= 4 is 17.4 Å². The molecule has 0 saturated carbocycles. The minimum atomic E-state index is -0.823. The van der Waals surface area contributed by atoms with Crippen molar-refractivity contribution in [3.05, 3.63) is 99.8 Å². The number of hydrogen-bond acceptors (Lipinski definition) is 8. The molecular weight excluding hydrogens is 555 g/mol. The first-order chi connectivity index (χ1) is 20.6. The number of hydrogen-bond donors (Lipinski definition) is 2. The van der Waals surface area contributed by atoms with E-state index in [-0.39, 0.29) is 41.7 Å². The van der Waals surface area contributed by atoms with E-state index in [2.05, 4.69) is 40.2 Å². The van der Waals surface area contributed by atoms with Crippen LogP contribution in [0.25, 0.3) is 0 Å². The maximum atomic E-state index is 15.2. The zero-order chi connectivity index (χ0) is 31.1. The van der Waals surface area contributed by atoms with Crippen molar-refractivity contribution < 1.29 is 18.7 Å². The minimum absolute atomic E-state index is 0.0625. The topological polar surface area (TPSA) is 134 Å². The number of nitrogens with two attached hydrogens (primary N) is 1. The molecule has 1 amide bonds. The molecule has 0 bridgehead atoms. The van der Waals surface area contributed by atoms with Crippen LogP contribution in [0.15, 0.2) is 71.6 Å². The quantitative estimate of drug-likeness (QED) is 0.288. The lowest BCUT2D eigenvalue weighted by atomic mass is 10.0. The van der Waals surface area contributed by atoms with E-state index in [4.69, 9.17) is 15.2 Å². The van der Waals surface area contributed by atoms with Crippen molar-refractivity contribution in [3.8, 4) is 23.3 Å². The van der Waals surface area contributed by atoms with Crippen molar-refractivity contribution in [2.45, 2.75) is 32.5 Å². The second-order valence-electron chi connectivity index (χ2n) is 10.1. The van der Waals surface area contributed by atoms with Gasteiger partial charge in [-0.05, 0) is 26.0 Å². The number of carbonyl (C=O) groups excluding carboxylic acids is 1. The molecule has 1 fully saturated rings. The van der Waals surface area contributed by atoms with Crippen LogP contribution >= 0.6 is 0 Å². The monoisotopic (exact) mass is 588 g/mol. The number of aromatic nitrogens is 3. The lowest BCUT2D eigenvalue weighted by molar-refractivity contribution is 0.00739. The van der Waals surface area contributed by atoms with E-state index in [9.17, 15) is 14.4 Å². The number of ether oxygens (including phenoxy) is 2. The molecular formula is C31H33FN6O5. The van der Waals surface area contributed by atoms with Crippen LogP contribution in [-0.2, 0) is 17.8 Å². The third kappa shape index (κ3) is 7.09. The Balaban J connectivity index is 1.57. The number of pyridine rings is 1. The van der Waals surface area contributed by atoms with Gasteiger partial charge in [-0.25, -0.2) is 14.2 Å². The normalized spacial score (nSPS) is 13.5. The maximum Gasteiger partial charge on any atom is 0.331 e. The van der Waals surface area contributed by atoms with Crippen molar-refractivity contribution in [2.75, 3.05) is 37.4 Å². The molecule has 1 saturated heterocycles. The van der Waals surface area contributed by atoms with Crippen LogP contribution in [0.2, 0.25) is 0 Å². The fourth-order valence-electron chi connectivity index (χ4n) is 4.43. The van der Waals surface area contributed by atoms with Gasteiger partial charge in [0.15, 0.2) is 11.6 Å². The summed E-state index contributed by atoms with van der Waals surface area (Å²) in [6.07, 6.45) is 5.40. The van der Waals surface area contributed by atoms with Crippen LogP contribution in [-0.4, -0.2) is 56.8 Å². The summed E-state index contributed by atoms with van der Waals surface area (Å²) in [5, 5.41) is 2.50. The Morgan fingerprint density at radius 3 is 2.58 bits per heavy atom. The number of halogens is 1. The van der Waals surface area contributed by atoms with E-state index in [1.165, 1.54) is 41.1 Å². The molecule has 1 aliphatic heterocycles. The average molecular weight is 589 g/mol. The molecule has 3 N–H and O–H groups in total. The van der Waals surface area contributed by atoms with Crippen LogP contribution in [0.3, 0.4) is 0 Å². The molecule has 3 aromatic rings. The number of amides is 1. The minimum Gasteiger partial charge on any atom is -0.453 e. The van der Waals surface area contributed by atoms with E-state index in [1.807, 2.05) is 13.8 Å². The molecule has 1 aromatic carbocycles. The highest BCUT2D eigenvalue weighted by molar-refractivity contribution is 6.03. The summed E-state index contributed by atoms with van der Waals surface area (Å²) in [6, 6.07) is 5.32. The molecule has 0 unspecified atom stereocenters. The van der Waals surface area contributed by atoms with Gasteiger partial charge in [-0.1, -0.05) is 24.0 Å². The van der Waals surface area contributed by atoms with Gasteiger partial charge >= 0.3 is 5.69 Å². The largest absolute Gasteiger partial charge is 0.453 e. The molecule has 43 heavy (non-hydrogen) atoms. The molecule has 2 aromatic heterocycles. The number of benzene rings is 1. The van der Waals surface area contributed by atoms with E-state index < -0.39 is 28.5 Å². The first kappa shape index (κ1) is 31.0. The number of morpholine rings is 1. The van der Waals surface area contributed by atoms with Crippen molar-refractivity contribution in [3.63, 3.8) is 0 Å². The zero-order valence-corrected chi connectivity index (χ0v) is 24.1. The van der Waals surface area contributed by atoms with Crippen LogP contribution in [0.4, 0.5) is 15.9 Å². The molecule has 0 aliphatic carbocycles. The fourth-order valence-corrected chi connectivity index (χ4v) is 4.43. The summed E-state index contributed by atoms with van der Waals surface area (Å²) >= 11 is 0. The number of rotatable bonds is 9.